The third-order valence-electron chi connectivity index (χ3n) is 5.35. The SMILES string of the molecule is O=C(NCc1nncn1C1CCCCC1)c1ccccc1-c1ccc(F)cc1. The summed E-state index contributed by atoms with van der Waals surface area (Å²) in [6.45, 7) is 0.326. The van der Waals surface area contributed by atoms with Crippen LogP contribution in [-0.2, 0) is 6.54 Å². The molecule has 5 nitrogen and oxygen atoms in total. The molecule has 1 fully saturated rings. The van der Waals surface area contributed by atoms with Gasteiger partial charge < -0.3 is 9.88 Å². The van der Waals surface area contributed by atoms with Gasteiger partial charge in [-0.3, -0.25) is 4.79 Å². The number of amides is 1. The second-order valence-corrected chi connectivity index (χ2v) is 7.18. The molecular formula is C22H23FN4O. The van der Waals surface area contributed by atoms with Crippen molar-refractivity contribution >= 4 is 5.91 Å². The average molecular weight is 378 g/mol. The molecule has 0 bridgehead atoms. The van der Waals surface area contributed by atoms with E-state index in [9.17, 15) is 9.18 Å². The van der Waals surface area contributed by atoms with Crippen LogP contribution in [-0.4, -0.2) is 20.7 Å². The fourth-order valence-corrected chi connectivity index (χ4v) is 3.87. The van der Waals surface area contributed by atoms with E-state index < -0.39 is 0 Å². The Morgan fingerprint density at radius 3 is 2.61 bits per heavy atom. The molecule has 1 saturated carbocycles. The molecule has 0 radical (unpaired) electrons. The number of nitrogens with zero attached hydrogens (tertiary/aromatic N) is 3. The van der Waals surface area contributed by atoms with Gasteiger partial charge in [0.2, 0.25) is 0 Å². The first-order valence-electron chi connectivity index (χ1n) is 9.74. The Morgan fingerprint density at radius 1 is 1.07 bits per heavy atom. The van der Waals surface area contributed by atoms with Gasteiger partial charge in [0.1, 0.15) is 12.1 Å². The van der Waals surface area contributed by atoms with E-state index in [0.717, 1.165) is 29.8 Å². The lowest BCUT2D eigenvalue weighted by Gasteiger charge is -2.24. The largest absolute Gasteiger partial charge is 0.345 e. The van der Waals surface area contributed by atoms with Crippen LogP contribution in [0, 0.1) is 5.82 Å². The van der Waals surface area contributed by atoms with E-state index >= 15 is 0 Å². The van der Waals surface area contributed by atoms with Gasteiger partial charge >= 0.3 is 0 Å². The van der Waals surface area contributed by atoms with E-state index in [2.05, 4.69) is 20.1 Å². The molecule has 6 heteroatoms. The van der Waals surface area contributed by atoms with Crippen molar-refractivity contribution in [2.45, 2.75) is 44.7 Å². The van der Waals surface area contributed by atoms with Gasteiger partial charge in [0.05, 0.1) is 6.54 Å². The van der Waals surface area contributed by atoms with Gasteiger partial charge in [0.15, 0.2) is 5.82 Å². The third-order valence-corrected chi connectivity index (χ3v) is 5.35. The Hall–Kier alpha value is -3.02. The van der Waals surface area contributed by atoms with E-state index in [1.165, 1.54) is 31.4 Å². The van der Waals surface area contributed by atoms with E-state index in [0.29, 0.717) is 18.2 Å². The highest BCUT2D eigenvalue weighted by atomic mass is 19.1. The molecule has 0 aliphatic heterocycles. The summed E-state index contributed by atoms with van der Waals surface area (Å²) < 4.78 is 15.3. The van der Waals surface area contributed by atoms with E-state index in [1.807, 2.05) is 18.2 Å². The van der Waals surface area contributed by atoms with Gasteiger partial charge in [-0.05, 0) is 42.2 Å². The predicted octanol–water partition coefficient (Wildman–Crippen LogP) is 4.52. The second-order valence-electron chi connectivity index (χ2n) is 7.18. The summed E-state index contributed by atoms with van der Waals surface area (Å²) in [4.78, 5) is 12.8. The molecule has 0 unspecified atom stereocenters. The number of halogens is 1. The standard InChI is InChI=1S/C22H23FN4O/c23-17-12-10-16(11-13-17)19-8-4-5-9-20(19)22(28)24-14-21-26-25-15-27(21)18-6-2-1-3-7-18/h4-5,8-13,15,18H,1-3,6-7,14H2,(H,24,28). The highest BCUT2D eigenvalue weighted by Crippen LogP contribution is 2.28. The fraction of sp³-hybridized carbons (Fsp3) is 0.318. The summed E-state index contributed by atoms with van der Waals surface area (Å²) >= 11 is 0. The number of hydrogen-bond donors (Lipinski definition) is 1. The number of carbonyl (C=O) groups is 1. The number of aromatic nitrogens is 3. The summed E-state index contributed by atoms with van der Waals surface area (Å²) in [5.74, 6) is 0.297. The number of nitrogens with one attached hydrogen (secondary N) is 1. The maximum absolute atomic E-state index is 13.2. The third kappa shape index (κ3) is 3.96. The summed E-state index contributed by atoms with van der Waals surface area (Å²) in [6.07, 6.45) is 7.76. The molecule has 1 aromatic heterocycles. The minimum Gasteiger partial charge on any atom is -0.345 e. The minimum atomic E-state index is -0.298. The van der Waals surface area contributed by atoms with Crippen molar-refractivity contribution in [2.24, 2.45) is 0 Å². The Bertz CT molecular complexity index is 945. The van der Waals surface area contributed by atoms with Crippen molar-refractivity contribution in [3.63, 3.8) is 0 Å². The second kappa shape index (κ2) is 8.33. The zero-order valence-corrected chi connectivity index (χ0v) is 15.6. The molecule has 0 spiro atoms. The van der Waals surface area contributed by atoms with Crippen LogP contribution in [0.2, 0.25) is 0 Å². The number of rotatable bonds is 5. The summed E-state index contributed by atoms with van der Waals surface area (Å²) in [5.41, 5.74) is 2.13. The van der Waals surface area contributed by atoms with Gasteiger partial charge in [-0.2, -0.15) is 0 Å². The fourth-order valence-electron chi connectivity index (χ4n) is 3.87. The van der Waals surface area contributed by atoms with Crippen molar-refractivity contribution in [2.75, 3.05) is 0 Å². The smallest absolute Gasteiger partial charge is 0.252 e. The molecule has 1 aliphatic carbocycles. The number of carbonyl (C=O) groups excluding carboxylic acids is 1. The molecule has 1 heterocycles. The molecule has 1 amide bonds. The van der Waals surface area contributed by atoms with Crippen molar-refractivity contribution in [3.05, 3.63) is 72.1 Å². The average Bonchev–Trinajstić information content (AvgIpc) is 3.22. The van der Waals surface area contributed by atoms with Crippen LogP contribution >= 0.6 is 0 Å². The molecule has 3 aromatic rings. The van der Waals surface area contributed by atoms with Crippen LogP contribution in [0.1, 0.15) is 54.3 Å². The number of benzene rings is 2. The Balaban J connectivity index is 1.50. The first kappa shape index (κ1) is 18.3. The van der Waals surface area contributed by atoms with Crippen LogP contribution in [0.25, 0.3) is 11.1 Å². The molecule has 28 heavy (non-hydrogen) atoms. The van der Waals surface area contributed by atoms with Crippen LogP contribution in [0.3, 0.4) is 0 Å². The minimum absolute atomic E-state index is 0.182. The van der Waals surface area contributed by atoms with Crippen molar-refractivity contribution in [3.8, 4) is 11.1 Å². The zero-order valence-electron chi connectivity index (χ0n) is 15.6. The molecule has 1 aliphatic rings. The van der Waals surface area contributed by atoms with Crippen molar-refractivity contribution in [1.29, 1.82) is 0 Å². The highest BCUT2D eigenvalue weighted by molar-refractivity contribution is 6.00. The predicted molar refractivity (Wildman–Crippen MR) is 105 cm³/mol. The van der Waals surface area contributed by atoms with Gasteiger partial charge in [-0.25, -0.2) is 4.39 Å². The highest BCUT2D eigenvalue weighted by Gasteiger charge is 2.19. The van der Waals surface area contributed by atoms with E-state index in [4.69, 9.17) is 0 Å². The van der Waals surface area contributed by atoms with Crippen LogP contribution in [0.5, 0.6) is 0 Å². The molecular weight excluding hydrogens is 355 g/mol. The first-order chi connectivity index (χ1) is 13.7. The monoisotopic (exact) mass is 378 g/mol. The van der Waals surface area contributed by atoms with Gasteiger partial charge in [0, 0.05) is 11.6 Å². The van der Waals surface area contributed by atoms with Crippen molar-refractivity contribution < 1.29 is 9.18 Å². The molecule has 2 aromatic carbocycles. The van der Waals surface area contributed by atoms with E-state index in [1.54, 1.807) is 24.5 Å². The van der Waals surface area contributed by atoms with Gasteiger partial charge in [-0.1, -0.05) is 49.6 Å². The summed E-state index contributed by atoms with van der Waals surface area (Å²) in [6, 6.07) is 13.9. The first-order valence-corrected chi connectivity index (χ1v) is 9.74. The Morgan fingerprint density at radius 2 is 1.82 bits per heavy atom. The maximum atomic E-state index is 13.2. The molecule has 144 valence electrons. The topological polar surface area (TPSA) is 59.8 Å². The number of hydrogen-bond acceptors (Lipinski definition) is 3. The molecule has 0 saturated heterocycles. The molecule has 0 atom stereocenters. The maximum Gasteiger partial charge on any atom is 0.252 e. The molecule has 1 N–H and O–H groups in total. The van der Waals surface area contributed by atoms with Crippen LogP contribution < -0.4 is 5.32 Å². The Labute approximate surface area is 163 Å². The lowest BCUT2D eigenvalue weighted by Crippen LogP contribution is -2.26. The molecule has 4 rings (SSSR count). The summed E-state index contributed by atoms with van der Waals surface area (Å²) in [5, 5.41) is 11.2. The summed E-state index contributed by atoms with van der Waals surface area (Å²) in [7, 11) is 0. The quantitative estimate of drug-likeness (QED) is 0.710. The normalized spacial score (nSPS) is 14.8. The lowest BCUT2D eigenvalue weighted by molar-refractivity contribution is 0.0949. The van der Waals surface area contributed by atoms with Crippen LogP contribution in [0.4, 0.5) is 4.39 Å². The zero-order chi connectivity index (χ0) is 19.3. The van der Waals surface area contributed by atoms with Crippen LogP contribution in [0.15, 0.2) is 54.9 Å². The van der Waals surface area contributed by atoms with Gasteiger partial charge in [-0.15, -0.1) is 10.2 Å². The Kier molecular flexibility index (Phi) is 5.46. The van der Waals surface area contributed by atoms with Gasteiger partial charge in [0.25, 0.3) is 5.91 Å². The lowest BCUT2D eigenvalue weighted by atomic mass is 9.95. The van der Waals surface area contributed by atoms with Crippen molar-refractivity contribution in [1.82, 2.24) is 20.1 Å². The van der Waals surface area contributed by atoms with E-state index in [-0.39, 0.29) is 11.7 Å².